The molecule has 1 aromatic carbocycles. The molecule has 0 spiro atoms. The number of nitrogens with zero attached hydrogens (tertiary/aromatic N) is 1. The van der Waals surface area contributed by atoms with Crippen molar-refractivity contribution >= 4 is 12.1 Å². The van der Waals surface area contributed by atoms with Crippen LogP contribution in [-0.2, 0) is 20.9 Å². The van der Waals surface area contributed by atoms with Crippen molar-refractivity contribution in [1.82, 2.24) is 4.90 Å². The van der Waals surface area contributed by atoms with E-state index < -0.39 is 12.0 Å². The third-order valence-electron chi connectivity index (χ3n) is 4.04. The molecule has 2 atom stereocenters. The maximum atomic E-state index is 12.5. The fraction of sp³-hybridized carbons (Fsp3) is 0.368. The van der Waals surface area contributed by atoms with E-state index in [4.69, 9.17) is 9.47 Å². The predicted octanol–water partition coefficient (Wildman–Crippen LogP) is 3.67. The van der Waals surface area contributed by atoms with Crippen LogP contribution in [0.5, 0.6) is 0 Å². The predicted molar refractivity (Wildman–Crippen MR) is 90.9 cm³/mol. The molecule has 2 rings (SSSR count). The second-order valence-corrected chi connectivity index (χ2v) is 5.67. The van der Waals surface area contributed by atoms with Crippen molar-refractivity contribution in [3.63, 3.8) is 0 Å². The first-order valence-corrected chi connectivity index (χ1v) is 8.03. The Morgan fingerprint density at radius 3 is 2.71 bits per heavy atom. The van der Waals surface area contributed by atoms with Gasteiger partial charge < -0.3 is 9.47 Å². The minimum atomic E-state index is -0.477. The molecule has 1 aromatic rings. The van der Waals surface area contributed by atoms with Crippen LogP contribution in [-0.4, -0.2) is 29.7 Å². The normalized spacial score (nSPS) is 20.2. The van der Waals surface area contributed by atoms with Gasteiger partial charge in [-0.3, -0.25) is 9.69 Å². The average molecular weight is 329 g/mol. The molecule has 1 aliphatic rings. The smallest absolute Gasteiger partial charge is 0.413 e. The maximum Gasteiger partial charge on any atom is 0.413 e. The first kappa shape index (κ1) is 17.8. The Balaban J connectivity index is 2.06. The van der Waals surface area contributed by atoms with Gasteiger partial charge in [0.05, 0.1) is 12.0 Å². The standard InChI is InChI=1S/C19H23NO4/c1-3-5-12-17-16(9-4-2)18(21)24-14-20(17)19(22)23-13-15-10-7-6-8-11-15/h3-4,6-8,10-11,16-17H,1-2,5,9,12-14H2/t16-,17-/m0/s1. The van der Waals surface area contributed by atoms with Crippen LogP contribution in [0.25, 0.3) is 0 Å². The third kappa shape index (κ3) is 4.47. The quantitative estimate of drug-likeness (QED) is 0.566. The molecule has 1 amide bonds. The second-order valence-electron chi connectivity index (χ2n) is 5.67. The zero-order valence-electron chi connectivity index (χ0n) is 13.7. The summed E-state index contributed by atoms with van der Waals surface area (Å²) in [5, 5.41) is 0. The highest BCUT2D eigenvalue weighted by Gasteiger charge is 2.40. The Morgan fingerprint density at radius 2 is 2.04 bits per heavy atom. The van der Waals surface area contributed by atoms with Crippen LogP contribution in [0.15, 0.2) is 55.6 Å². The summed E-state index contributed by atoms with van der Waals surface area (Å²) in [4.78, 5) is 26.0. The van der Waals surface area contributed by atoms with Crippen molar-refractivity contribution in [1.29, 1.82) is 0 Å². The molecule has 0 N–H and O–H groups in total. The first-order chi connectivity index (χ1) is 11.7. The van der Waals surface area contributed by atoms with E-state index in [1.807, 2.05) is 30.3 Å². The maximum absolute atomic E-state index is 12.5. The molecular formula is C19H23NO4. The number of amides is 1. The van der Waals surface area contributed by atoms with Crippen LogP contribution in [0.3, 0.4) is 0 Å². The van der Waals surface area contributed by atoms with E-state index in [2.05, 4.69) is 13.2 Å². The van der Waals surface area contributed by atoms with Crippen molar-refractivity contribution in [2.24, 2.45) is 5.92 Å². The Hall–Kier alpha value is -2.56. The van der Waals surface area contributed by atoms with E-state index in [9.17, 15) is 9.59 Å². The van der Waals surface area contributed by atoms with Gasteiger partial charge in [0.25, 0.3) is 0 Å². The summed E-state index contributed by atoms with van der Waals surface area (Å²) in [7, 11) is 0. The van der Waals surface area contributed by atoms with Gasteiger partial charge in [-0.1, -0.05) is 42.5 Å². The van der Waals surface area contributed by atoms with Crippen molar-refractivity contribution in [3.05, 3.63) is 61.2 Å². The van der Waals surface area contributed by atoms with Gasteiger partial charge in [-0.2, -0.15) is 0 Å². The molecule has 5 heteroatoms. The van der Waals surface area contributed by atoms with Gasteiger partial charge in [0.1, 0.15) is 6.61 Å². The molecular weight excluding hydrogens is 306 g/mol. The number of hydrogen-bond acceptors (Lipinski definition) is 4. The molecule has 128 valence electrons. The van der Waals surface area contributed by atoms with Crippen LogP contribution in [0.1, 0.15) is 24.8 Å². The van der Waals surface area contributed by atoms with Gasteiger partial charge in [0, 0.05) is 0 Å². The average Bonchev–Trinajstić information content (AvgIpc) is 2.61. The van der Waals surface area contributed by atoms with Crippen LogP contribution < -0.4 is 0 Å². The molecule has 0 unspecified atom stereocenters. The third-order valence-corrected chi connectivity index (χ3v) is 4.04. The van der Waals surface area contributed by atoms with Crippen LogP contribution in [0.2, 0.25) is 0 Å². The van der Waals surface area contributed by atoms with E-state index in [1.165, 1.54) is 4.90 Å². The van der Waals surface area contributed by atoms with Crippen LogP contribution >= 0.6 is 0 Å². The monoisotopic (exact) mass is 329 g/mol. The van der Waals surface area contributed by atoms with E-state index in [-0.39, 0.29) is 25.3 Å². The number of cyclic esters (lactones) is 1. The number of carbonyl (C=O) groups is 2. The van der Waals surface area contributed by atoms with Gasteiger partial charge in [0.15, 0.2) is 6.73 Å². The molecule has 1 fully saturated rings. The second kappa shape index (κ2) is 8.91. The number of benzene rings is 1. The van der Waals surface area contributed by atoms with Gasteiger partial charge in [-0.25, -0.2) is 4.79 Å². The van der Waals surface area contributed by atoms with E-state index in [1.54, 1.807) is 12.2 Å². The van der Waals surface area contributed by atoms with Gasteiger partial charge in [0.2, 0.25) is 0 Å². The van der Waals surface area contributed by atoms with Gasteiger partial charge >= 0.3 is 12.1 Å². The highest BCUT2D eigenvalue weighted by Crippen LogP contribution is 2.27. The molecule has 24 heavy (non-hydrogen) atoms. The lowest BCUT2D eigenvalue weighted by Crippen LogP contribution is -2.53. The number of hydrogen-bond donors (Lipinski definition) is 0. The molecule has 0 aliphatic carbocycles. The molecule has 0 saturated carbocycles. The van der Waals surface area contributed by atoms with Crippen molar-refractivity contribution in [2.75, 3.05) is 6.73 Å². The van der Waals surface area contributed by atoms with Crippen molar-refractivity contribution < 1.29 is 19.1 Å². The molecule has 1 saturated heterocycles. The van der Waals surface area contributed by atoms with Gasteiger partial charge in [-0.05, 0) is 24.8 Å². The number of ether oxygens (including phenoxy) is 2. The van der Waals surface area contributed by atoms with E-state index in [0.29, 0.717) is 19.3 Å². The van der Waals surface area contributed by atoms with E-state index in [0.717, 1.165) is 5.56 Å². The Bertz CT molecular complexity index is 584. The Labute approximate surface area is 142 Å². The number of esters is 1. The molecule has 0 aromatic heterocycles. The van der Waals surface area contributed by atoms with Gasteiger partial charge in [-0.15, -0.1) is 13.2 Å². The Kier molecular flexibility index (Phi) is 6.61. The number of rotatable bonds is 7. The lowest BCUT2D eigenvalue weighted by molar-refractivity contribution is -0.166. The number of carbonyl (C=O) groups excluding carboxylic acids is 2. The SMILES string of the molecule is C=CCC[C@H]1[C@H](CC=C)C(=O)OCN1C(=O)OCc1ccccc1. The van der Waals surface area contributed by atoms with Crippen molar-refractivity contribution in [2.45, 2.75) is 31.9 Å². The zero-order valence-corrected chi connectivity index (χ0v) is 13.7. The van der Waals surface area contributed by atoms with Crippen LogP contribution in [0, 0.1) is 5.92 Å². The highest BCUT2D eigenvalue weighted by molar-refractivity contribution is 5.77. The highest BCUT2D eigenvalue weighted by atomic mass is 16.6. The fourth-order valence-electron chi connectivity index (χ4n) is 2.78. The first-order valence-electron chi connectivity index (χ1n) is 8.03. The minimum absolute atomic E-state index is 0.0814. The fourth-order valence-corrected chi connectivity index (χ4v) is 2.78. The van der Waals surface area contributed by atoms with E-state index >= 15 is 0 Å². The van der Waals surface area contributed by atoms with Crippen LogP contribution in [0.4, 0.5) is 4.79 Å². The van der Waals surface area contributed by atoms with Crippen molar-refractivity contribution in [3.8, 4) is 0 Å². The number of allylic oxidation sites excluding steroid dienone is 2. The summed E-state index contributed by atoms with van der Waals surface area (Å²) in [5.41, 5.74) is 0.908. The lowest BCUT2D eigenvalue weighted by Gasteiger charge is -2.38. The lowest BCUT2D eigenvalue weighted by atomic mass is 9.90. The topological polar surface area (TPSA) is 55.8 Å². The summed E-state index contributed by atoms with van der Waals surface area (Å²) in [6, 6.07) is 9.18. The summed E-state index contributed by atoms with van der Waals surface area (Å²) in [6.45, 7) is 7.50. The summed E-state index contributed by atoms with van der Waals surface area (Å²) in [6.07, 6.45) is 4.77. The summed E-state index contributed by atoms with van der Waals surface area (Å²) in [5.74, 6) is -0.712. The summed E-state index contributed by atoms with van der Waals surface area (Å²) >= 11 is 0. The molecule has 1 heterocycles. The zero-order chi connectivity index (χ0) is 17.4. The molecule has 0 bridgehead atoms. The Morgan fingerprint density at radius 1 is 1.29 bits per heavy atom. The minimum Gasteiger partial charge on any atom is -0.444 e. The molecule has 5 nitrogen and oxygen atoms in total. The molecule has 0 radical (unpaired) electrons. The summed E-state index contributed by atoms with van der Waals surface area (Å²) < 4.78 is 10.5. The largest absolute Gasteiger partial charge is 0.444 e. The molecule has 1 aliphatic heterocycles.